The van der Waals surface area contributed by atoms with Crippen molar-refractivity contribution in [2.24, 2.45) is 0 Å². The van der Waals surface area contributed by atoms with Crippen molar-refractivity contribution in [3.05, 3.63) is 187 Å². The van der Waals surface area contributed by atoms with Gasteiger partial charge in [-0.05, 0) is 80.7 Å². The Morgan fingerprint density at radius 2 is 1.27 bits per heavy atom. The Kier molecular flexibility index (Phi) is 12.8. The fourth-order valence-electron chi connectivity index (χ4n) is 8.15. The number of halogens is 1. The third-order valence-corrected chi connectivity index (χ3v) is 13.6. The topological polar surface area (TPSA) is 56.7 Å². The van der Waals surface area contributed by atoms with Gasteiger partial charge in [-0.15, -0.1) is 48.0 Å². The van der Waals surface area contributed by atoms with E-state index in [1.807, 2.05) is 24.5 Å². The molecule has 0 N–H and O–H groups in total. The second-order valence-electron chi connectivity index (χ2n) is 17.7. The first-order valence-corrected chi connectivity index (χ1v) is 25.1. The summed E-state index contributed by atoms with van der Waals surface area (Å²) < 4.78 is 21.9. The van der Waals surface area contributed by atoms with Crippen LogP contribution in [0.3, 0.4) is 0 Å². The zero-order valence-corrected chi connectivity index (χ0v) is 40.5. The maximum atomic E-state index is 12.8. The molecule has 8 heteroatoms. The summed E-state index contributed by atoms with van der Waals surface area (Å²) in [6.45, 7) is 15.9. The average Bonchev–Trinajstić information content (AvgIpc) is 3.88. The van der Waals surface area contributed by atoms with Gasteiger partial charge < -0.3 is 8.98 Å². The fourth-order valence-corrected chi connectivity index (χ4v) is 9.06. The second kappa shape index (κ2) is 18.4. The van der Waals surface area contributed by atoms with E-state index in [1.54, 1.807) is 6.07 Å². The summed E-state index contributed by atoms with van der Waals surface area (Å²) in [4.78, 5) is 13.9. The van der Waals surface area contributed by atoms with Crippen molar-refractivity contribution >= 4 is 46.2 Å². The fraction of sp³-hybridized carbons (Fsp3) is 0.161. The van der Waals surface area contributed by atoms with Crippen LogP contribution in [-0.2, 0) is 20.1 Å². The summed E-state index contributed by atoms with van der Waals surface area (Å²) in [5, 5.41) is 3.36. The predicted octanol–water partition coefficient (Wildman–Crippen LogP) is 14.6. The van der Waals surface area contributed by atoms with Crippen molar-refractivity contribution in [3.63, 3.8) is 0 Å². The Labute approximate surface area is 389 Å². The van der Waals surface area contributed by atoms with Crippen LogP contribution in [0.2, 0.25) is 19.6 Å². The Morgan fingerprint density at radius 1 is 0.641 bits per heavy atom. The van der Waals surface area contributed by atoms with Crippen LogP contribution >= 0.6 is 0 Å². The minimum absolute atomic E-state index is 0. The van der Waals surface area contributed by atoms with Crippen LogP contribution in [0.1, 0.15) is 50.7 Å². The number of para-hydroxylation sites is 2. The first-order chi connectivity index (χ1) is 30.4. The zero-order chi connectivity index (χ0) is 43.8. The van der Waals surface area contributed by atoms with Gasteiger partial charge in [0.25, 0.3) is 0 Å². The second-order valence-corrected chi connectivity index (χ2v) is 22.8. The molecule has 0 atom stereocenters. The maximum Gasteiger partial charge on any atom is 0.121 e. The molecule has 321 valence electrons. The first kappa shape index (κ1) is 44.3. The number of rotatable bonds is 8. The van der Waals surface area contributed by atoms with E-state index >= 15 is 0 Å². The van der Waals surface area contributed by atoms with E-state index in [4.69, 9.17) is 9.40 Å². The number of aromatic nitrogens is 4. The van der Waals surface area contributed by atoms with Gasteiger partial charge in [0, 0.05) is 49.4 Å². The Balaban J connectivity index is 0.000000262. The van der Waals surface area contributed by atoms with Crippen LogP contribution in [0.15, 0.2) is 162 Å². The van der Waals surface area contributed by atoms with E-state index in [0.29, 0.717) is 11.4 Å². The Bertz CT molecular complexity index is 3180. The molecule has 0 spiro atoms. The summed E-state index contributed by atoms with van der Waals surface area (Å²) in [7, 11) is -1.36. The van der Waals surface area contributed by atoms with Gasteiger partial charge in [0.05, 0.1) is 36.3 Å². The van der Waals surface area contributed by atoms with Crippen LogP contribution < -0.4 is 5.19 Å². The molecule has 0 aliphatic rings. The molecule has 0 unspecified atom stereocenters. The van der Waals surface area contributed by atoms with Crippen LogP contribution in [-0.4, -0.2) is 27.6 Å². The normalized spacial score (nSPS) is 11.6. The summed E-state index contributed by atoms with van der Waals surface area (Å²) >= 11 is 0. The Hall–Kier alpha value is -6.31. The summed E-state index contributed by atoms with van der Waals surface area (Å²) in [6, 6.07) is 55.6. The first-order valence-electron chi connectivity index (χ1n) is 21.6. The molecule has 0 saturated heterocycles. The van der Waals surface area contributed by atoms with Crippen molar-refractivity contribution in [1.82, 2.24) is 19.5 Å². The number of benzene rings is 7. The van der Waals surface area contributed by atoms with Crippen LogP contribution in [0.5, 0.6) is 0 Å². The van der Waals surface area contributed by atoms with E-state index in [-0.39, 0.29) is 37.8 Å². The minimum Gasteiger partial charge on any atom is -0.501 e. The SMILES string of the molecule is CC(C)c1cc(-c2ccccc2)cc(C(C)C)c1-n1c(-c2[c-]ccc3c2oc2cc(-c4ccccc4)ccc23)nc2ccccc21.C[Si](C)(C)c1cnc(-c2[c-]cc(F)cc2)nc1.[Ir]. The van der Waals surface area contributed by atoms with Gasteiger partial charge in [0.15, 0.2) is 0 Å². The van der Waals surface area contributed by atoms with Crippen molar-refractivity contribution in [2.75, 3.05) is 0 Å². The molecule has 64 heavy (non-hydrogen) atoms. The molecule has 0 aliphatic carbocycles. The third-order valence-electron chi connectivity index (χ3n) is 11.6. The monoisotopic (exact) mass is 1030 g/mol. The quantitative estimate of drug-likeness (QED) is 0.112. The molecule has 10 aromatic rings. The Morgan fingerprint density at radius 3 is 1.88 bits per heavy atom. The maximum absolute atomic E-state index is 12.8. The van der Waals surface area contributed by atoms with E-state index in [2.05, 4.69) is 189 Å². The molecular weight excluding hydrogens is 984 g/mol. The van der Waals surface area contributed by atoms with Crippen LogP contribution in [0.4, 0.5) is 4.39 Å². The third kappa shape index (κ3) is 8.78. The number of imidazole rings is 1. The molecule has 0 fully saturated rings. The smallest absolute Gasteiger partial charge is 0.121 e. The van der Waals surface area contributed by atoms with Crippen LogP contribution in [0, 0.1) is 17.9 Å². The van der Waals surface area contributed by atoms with E-state index in [1.165, 1.54) is 50.8 Å². The van der Waals surface area contributed by atoms with Gasteiger partial charge in [0.1, 0.15) is 5.58 Å². The zero-order valence-electron chi connectivity index (χ0n) is 37.1. The van der Waals surface area contributed by atoms with Gasteiger partial charge in [0.2, 0.25) is 0 Å². The minimum atomic E-state index is -1.36. The average molecular weight is 1030 g/mol. The molecule has 0 amide bonds. The van der Waals surface area contributed by atoms with Crippen molar-refractivity contribution in [3.8, 4) is 50.7 Å². The molecule has 3 heterocycles. The molecule has 7 aromatic carbocycles. The molecular formula is C56H49FIrN4OSi-2. The number of hydrogen-bond acceptors (Lipinski definition) is 4. The molecule has 0 bridgehead atoms. The summed E-state index contributed by atoms with van der Waals surface area (Å²) in [5.74, 6) is 1.70. The van der Waals surface area contributed by atoms with Crippen LogP contribution in [0.25, 0.3) is 83.7 Å². The molecule has 1 radical (unpaired) electrons. The molecule has 0 saturated carbocycles. The molecule has 3 aromatic heterocycles. The van der Waals surface area contributed by atoms with Crippen molar-refractivity contribution in [2.45, 2.75) is 59.2 Å². The van der Waals surface area contributed by atoms with Gasteiger partial charge in [-0.2, -0.15) is 0 Å². The van der Waals surface area contributed by atoms with E-state index in [9.17, 15) is 4.39 Å². The van der Waals surface area contributed by atoms with E-state index < -0.39 is 8.07 Å². The van der Waals surface area contributed by atoms with E-state index in [0.717, 1.165) is 49.9 Å². The number of hydrogen-bond donors (Lipinski definition) is 0. The van der Waals surface area contributed by atoms with Gasteiger partial charge in [-0.3, -0.25) is 19.3 Å². The largest absolute Gasteiger partial charge is 0.501 e. The predicted molar refractivity (Wildman–Crippen MR) is 261 cm³/mol. The molecule has 10 rings (SSSR count). The summed E-state index contributed by atoms with van der Waals surface area (Å²) in [5.41, 5.74) is 13.8. The number of nitrogens with zero attached hydrogens (tertiary/aromatic N) is 4. The van der Waals surface area contributed by atoms with Crippen molar-refractivity contribution in [1.29, 1.82) is 0 Å². The standard InChI is InChI=1S/C43H35N2O.C13H14FN2Si.Ir/c1-27(2)36-24-32(30-16-9-6-10-17-30)25-37(28(3)4)41(36)45-39-21-12-11-20-38(39)44-43(45)35-19-13-18-34-33-23-22-31(26-40(33)46-42(34)35)29-14-7-5-8-15-29;1-17(2,3)12-8-15-13(16-9-12)10-4-6-11(14)7-5-10;/h5-18,20-28H,1-4H3;4,6-9H,1-3H3;/q2*-1;. The summed E-state index contributed by atoms with van der Waals surface area (Å²) in [6.07, 6.45) is 3.73. The number of furan rings is 1. The van der Waals surface area contributed by atoms with Gasteiger partial charge >= 0.3 is 0 Å². The van der Waals surface area contributed by atoms with Crippen molar-refractivity contribution < 1.29 is 28.9 Å². The molecule has 5 nitrogen and oxygen atoms in total. The number of fused-ring (bicyclic) bond motifs is 4. The van der Waals surface area contributed by atoms with Gasteiger partial charge in [-0.25, -0.2) is 0 Å². The molecule has 0 aliphatic heterocycles. The van der Waals surface area contributed by atoms with Gasteiger partial charge in [-0.1, -0.05) is 143 Å².